The molecule has 0 aliphatic carbocycles. The van der Waals surface area contributed by atoms with Gasteiger partial charge in [-0.05, 0) is 23.2 Å². The molecule has 0 spiro atoms. The first kappa shape index (κ1) is 14.7. The predicted octanol–water partition coefficient (Wildman–Crippen LogP) is 1.22. The average molecular weight is 299 g/mol. The van der Waals surface area contributed by atoms with E-state index in [4.69, 9.17) is 4.74 Å². The molecule has 2 atom stereocenters. The Morgan fingerprint density at radius 2 is 1.73 bits per heavy atom. The molecule has 0 saturated carbocycles. The quantitative estimate of drug-likeness (QED) is 0.835. The third-order valence-corrected chi connectivity index (χ3v) is 3.63. The van der Waals surface area contributed by atoms with Crippen molar-refractivity contribution in [1.29, 1.82) is 0 Å². The summed E-state index contributed by atoms with van der Waals surface area (Å²) in [6, 6.07) is 15.3. The highest BCUT2D eigenvalue weighted by molar-refractivity contribution is 6.59. The SMILES string of the molecule is OB(O)c1ccccc1C1OC(c2ccccc2)=NC1CF. The maximum absolute atomic E-state index is 13.3. The van der Waals surface area contributed by atoms with Gasteiger partial charge in [0.2, 0.25) is 5.90 Å². The van der Waals surface area contributed by atoms with E-state index in [1.807, 2.05) is 30.3 Å². The highest BCUT2D eigenvalue weighted by Gasteiger charge is 2.35. The summed E-state index contributed by atoms with van der Waals surface area (Å²) in [5.41, 5.74) is 1.61. The van der Waals surface area contributed by atoms with Crippen LogP contribution in [0.2, 0.25) is 0 Å². The molecule has 112 valence electrons. The van der Waals surface area contributed by atoms with Crippen molar-refractivity contribution < 1.29 is 19.2 Å². The molecule has 1 heterocycles. The monoisotopic (exact) mass is 299 g/mol. The van der Waals surface area contributed by atoms with Crippen LogP contribution in [0.25, 0.3) is 0 Å². The van der Waals surface area contributed by atoms with Gasteiger partial charge in [-0.2, -0.15) is 0 Å². The minimum atomic E-state index is -1.64. The lowest BCUT2D eigenvalue weighted by molar-refractivity contribution is 0.181. The van der Waals surface area contributed by atoms with E-state index in [0.717, 1.165) is 5.56 Å². The molecule has 0 radical (unpaired) electrons. The number of aliphatic imine (C=N–C) groups is 1. The Labute approximate surface area is 128 Å². The van der Waals surface area contributed by atoms with E-state index in [9.17, 15) is 14.4 Å². The van der Waals surface area contributed by atoms with Crippen LogP contribution in [0.4, 0.5) is 4.39 Å². The van der Waals surface area contributed by atoms with Gasteiger partial charge < -0.3 is 14.8 Å². The first-order valence-electron chi connectivity index (χ1n) is 7.01. The fourth-order valence-electron chi connectivity index (χ4n) is 2.56. The van der Waals surface area contributed by atoms with Gasteiger partial charge in [-0.1, -0.05) is 42.5 Å². The first-order valence-corrected chi connectivity index (χ1v) is 7.01. The maximum atomic E-state index is 13.3. The molecule has 1 aliphatic heterocycles. The van der Waals surface area contributed by atoms with Gasteiger partial charge in [0.25, 0.3) is 0 Å². The van der Waals surface area contributed by atoms with Gasteiger partial charge in [-0.15, -0.1) is 0 Å². The lowest BCUT2D eigenvalue weighted by Crippen LogP contribution is -2.36. The molecule has 0 bridgehead atoms. The zero-order valence-corrected chi connectivity index (χ0v) is 11.8. The highest BCUT2D eigenvalue weighted by atomic mass is 19.1. The van der Waals surface area contributed by atoms with E-state index in [1.54, 1.807) is 24.3 Å². The van der Waals surface area contributed by atoms with Crippen LogP contribution in [0.15, 0.2) is 59.6 Å². The van der Waals surface area contributed by atoms with Crippen molar-refractivity contribution >= 4 is 18.5 Å². The van der Waals surface area contributed by atoms with Crippen molar-refractivity contribution in [3.05, 3.63) is 65.7 Å². The van der Waals surface area contributed by atoms with Gasteiger partial charge in [-0.25, -0.2) is 9.38 Å². The minimum Gasteiger partial charge on any atom is -0.467 e. The number of hydrogen-bond acceptors (Lipinski definition) is 4. The van der Waals surface area contributed by atoms with Crippen molar-refractivity contribution in [3.8, 4) is 0 Å². The molecule has 6 heteroatoms. The fourth-order valence-corrected chi connectivity index (χ4v) is 2.56. The van der Waals surface area contributed by atoms with Crippen LogP contribution in [-0.2, 0) is 4.74 Å². The predicted molar refractivity (Wildman–Crippen MR) is 82.8 cm³/mol. The van der Waals surface area contributed by atoms with E-state index in [1.165, 1.54) is 0 Å². The molecule has 3 rings (SSSR count). The number of benzene rings is 2. The second-order valence-corrected chi connectivity index (χ2v) is 5.06. The average Bonchev–Trinajstić information content (AvgIpc) is 3.00. The van der Waals surface area contributed by atoms with Crippen LogP contribution >= 0.6 is 0 Å². The van der Waals surface area contributed by atoms with Crippen molar-refractivity contribution in [2.24, 2.45) is 4.99 Å². The molecule has 22 heavy (non-hydrogen) atoms. The lowest BCUT2D eigenvalue weighted by Gasteiger charge is -2.19. The smallest absolute Gasteiger partial charge is 0.467 e. The third-order valence-electron chi connectivity index (χ3n) is 3.63. The van der Waals surface area contributed by atoms with Crippen molar-refractivity contribution in [2.75, 3.05) is 6.67 Å². The van der Waals surface area contributed by atoms with Gasteiger partial charge in [0.15, 0.2) is 6.10 Å². The Balaban J connectivity index is 1.94. The lowest BCUT2D eigenvalue weighted by atomic mass is 9.75. The van der Waals surface area contributed by atoms with Crippen molar-refractivity contribution in [2.45, 2.75) is 12.1 Å². The van der Waals surface area contributed by atoms with E-state index in [2.05, 4.69) is 4.99 Å². The van der Waals surface area contributed by atoms with Crippen molar-refractivity contribution in [1.82, 2.24) is 0 Å². The molecule has 0 saturated heterocycles. The summed E-state index contributed by atoms with van der Waals surface area (Å²) in [5, 5.41) is 19.0. The summed E-state index contributed by atoms with van der Waals surface area (Å²) in [5.74, 6) is 0.371. The van der Waals surface area contributed by atoms with Crippen LogP contribution in [0.3, 0.4) is 0 Å². The second-order valence-electron chi connectivity index (χ2n) is 5.06. The minimum absolute atomic E-state index is 0.301. The molecule has 0 fully saturated rings. The van der Waals surface area contributed by atoms with Gasteiger partial charge in [0.05, 0.1) is 0 Å². The standard InChI is InChI=1S/C16H15BFNO3/c18-10-14-15(12-8-4-5-9-13(12)17(20)21)22-16(19-14)11-6-2-1-3-7-11/h1-9,14-15,20-21H,10H2. The van der Waals surface area contributed by atoms with E-state index in [-0.39, 0.29) is 0 Å². The normalized spacial score (nSPS) is 20.4. The number of nitrogens with zero attached hydrogens (tertiary/aromatic N) is 1. The number of rotatable bonds is 4. The Hall–Kier alpha value is -2.18. The molecule has 4 nitrogen and oxygen atoms in total. The molecule has 0 amide bonds. The maximum Gasteiger partial charge on any atom is 0.488 e. The Bertz CT molecular complexity index is 678. The summed E-state index contributed by atoms with van der Waals surface area (Å²) < 4.78 is 19.2. The van der Waals surface area contributed by atoms with Crippen molar-refractivity contribution in [3.63, 3.8) is 0 Å². The second kappa shape index (κ2) is 6.29. The summed E-state index contributed by atoms with van der Waals surface area (Å²) in [7, 11) is -1.64. The van der Waals surface area contributed by atoms with Gasteiger partial charge >= 0.3 is 7.12 Å². The van der Waals surface area contributed by atoms with Gasteiger partial charge in [0.1, 0.15) is 12.7 Å². The molecular formula is C16H15BFNO3. The molecule has 2 unspecified atom stereocenters. The molecule has 2 aromatic rings. The summed E-state index contributed by atoms with van der Waals surface area (Å²) in [6.45, 7) is -0.684. The molecule has 2 aromatic carbocycles. The zero-order chi connectivity index (χ0) is 15.5. The number of ether oxygens (including phenoxy) is 1. The summed E-state index contributed by atoms with van der Waals surface area (Å²) >= 11 is 0. The Kier molecular flexibility index (Phi) is 4.22. The van der Waals surface area contributed by atoms with Crippen LogP contribution in [-0.4, -0.2) is 35.8 Å². The fraction of sp³-hybridized carbons (Fsp3) is 0.188. The Morgan fingerprint density at radius 1 is 1.05 bits per heavy atom. The van der Waals surface area contributed by atoms with E-state index >= 15 is 0 Å². The van der Waals surface area contributed by atoms with Crippen LogP contribution < -0.4 is 5.46 Å². The number of alkyl halides is 1. The first-order chi connectivity index (χ1) is 10.7. The van der Waals surface area contributed by atoms with Gasteiger partial charge in [-0.3, -0.25) is 0 Å². The summed E-state index contributed by atoms with van der Waals surface area (Å²) in [6.07, 6.45) is -0.668. The molecule has 1 aliphatic rings. The molecule has 0 aromatic heterocycles. The van der Waals surface area contributed by atoms with Crippen LogP contribution in [0.5, 0.6) is 0 Å². The largest absolute Gasteiger partial charge is 0.488 e. The topological polar surface area (TPSA) is 62.0 Å². The van der Waals surface area contributed by atoms with E-state index in [0.29, 0.717) is 16.9 Å². The number of halogens is 1. The number of hydrogen-bond donors (Lipinski definition) is 2. The van der Waals surface area contributed by atoms with Gasteiger partial charge in [0, 0.05) is 5.56 Å². The Morgan fingerprint density at radius 3 is 2.41 bits per heavy atom. The molecule has 2 N–H and O–H groups in total. The zero-order valence-electron chi connectivity index (χ0n) is 11.8. The molecular weight excluding hydrogens is 284 g/mol. The third kappa shape index (κ3) is 2.75. The van der Waals surface area contributed by atoms with Crippen LogP contribution in [0, 0.1) is 0 Å². The highest BCUT2D eigenvalue weighted by Crippen LogP contribution is 2.30. The van der Waals surface area contributed by atoms with E-state index < -0.39 is 25.9 Å². The van der Waals surface area contributed by atoms with Crippen LogP contribution in [0.1, 0.15) is 17.2 Å². The summed E-state index contributed by atoms with van der Waals surface area (Å²) in [4.78, 5) is 4.29.